The zero-order valence-electron chi connectivity index (χ0n) is 15.1. The van der Waals surface area contributed by atoms with Gasteiger partial charge in [0.2, 0.25) is 10.0 Å². The maximum atomic E-state index is 12.6. The number of hydrogen-bond donors (Lipinski definition) is 2. The third-order valence-corrected chi connectivity index (χ3v) is 6.46. The highest BCUT2D eigenvalue weighted by Gasteiger charge is 2.26. The van der Waals surface area contributed by atoms with Gasteiger partial charge in [0.05, 0.1) is 18.1 Å². The van der Waals surface area contributed by atoms with E-state index in [0.29, 0.717) is 31.4 Å². The van der Waals surface area contributed by atoms with Crippen LogP contribution in [0.4, 0.5) is 11.4 Å². The van der Waals surface area contributed by atoms with Gasteiger partial charge in [-0.05, 0) is 60.6 Å². The van der Waals surface area contributed by atoms with Crippen molar-refractivity contribution < 1.29 is 13.2 Å². The number of benzene rings is 2. The summed E-state index contributed by atoms with van der Waals surface area (Å²) in [5.41, 5.74) is 2.88. The number of aryl methyl sites for hydroxylation is 1. The number of rotatable bonds is 5. The second kappa shape index (κ2) is 8.79. The molecule has 1 saturated heterocycles. The van der Waals surface area contributed by atoms with E-state index in [2.05, 4.69) is 29.7 Å². The minimum Gasteiger partial charge on any atom is -0.379 e. The molecule has 2 N–H and O–H groups in total. The third-order valence-electron chi connectivity index (χ3n) is 4.34. The Balaban J connectivity index is 1.61. The van der Waals surface area contributed by atoms with Crippen molar-refractivity contribution in [1.29, 1.82) is 0 Å². The van der Waals surface area contributed by atoms with Gasteiger partial charge in [0.15, 0.2) is 5.11 Å². The van der Waals surface area contributed by atoms with E-state index in [9.17, 15) is 8.42 Å². The molecule has 2 aromatic carbocycles. The van der Waals surface area contributed by atoms with Crippen LogP contribution >= 0.6 is 12.2 Å². The number of nitrogens with zero attached hydrogens (tertiary/aromatic N) is 1. The van der Waals surface area contributed by atoms with Gasteiger partial charge in [0.1, 0.15) is 0 Å². The fraction of sp³-hybridized carbons (Fsp3) is 0.316. The molecule has 0 aromatic heterocycles. The van der Waals surface area contributed by atoms with Gasteiger partial charge in [-0.15, -0.1) is 0 Å². The Kier molecular flexibility index (Phi) is 6.43. The number of nitrogens with one attached hydrogen (secondary N) is 2. The number of anilines is 2. The molecular formula is C19H23N3O3S2. The average Bonchev–Trinajstić information content (AvgIpc) is 2.69. The van der Waals surface area contributed by atoms with Crippen molar-refractivity contribution in [1.82, 2.24) is 4.31 Å². The molecule has 0 spiro atoms. The van der Waals surface area contributed by atoms with Crippen molar-refractivity contribution in [2.75, 3.05) is 36.9 Å². The summed E-state index contributed by atoms with van der Waals surface area (Å²) in [6, 6.07) is 14.7. The van der Waals surface area contributed by atoms with E-state index in [4.69, 9.17) is 17.0 Å². The number of morpholine rings is 1. The molecular weight excluding hydrogens is 382 g/mol. The second-order valence-electron chi connectivity index (χ2n) is 6.17. The summed E-state index contributed by atoms with van der Waals surface area (Å²) in [7, 11) is -3.49. The Morgan fingerprint density at radius 3 is 2.04 bits per heavy atom. The van der Waals surface area contributed by atoms with Crippen LogP contribution in [-0.4, -0.2) is 44.1 Å². The predicted octanol–water partition coefficient (Wildman–Crippen LogP) is 3.08. The van der Waals surface area contributed by atoms with Crippen molar-refractivity contribution in [3.63, 3.8) is 0 Å². The van der Waals surface area contributed by atoms with Gasteiger partial charge in [-0.3, -0.25) is 0 Å². The lowest BCUT2D eigenvalue weighted by Crippen LogP contribution is -2.40. The van der Waals surface area contributed by atoms with Crippen LogP contribution in [0.2, 0.25) is 0 Å². The van der Waals surface area contributed by atoms with Crippen LogP contribution in [0, 0.1) is 0 Å². The van der Waals surface area contributed by atoms with Crippen LogP contribution in [0.3, 0.4) is 0 Å². The van der Waals surface area contributed by atoms with E-state index in [1.807, 2.05) is 12.1 Å². The highest BCUT2D eigenvalue weighted by Crippen LogP contribution is 2.20. The third kappa shape index (κ3) is 5.04. The SMILES string of the molecule is CCc1ccc(NC(=S)Nc2ccc(S(=O)(=O)N3CCOCC3)cc2)cc1. The summed E-state index contributed by atoms with van der Waals surface area (Å²) in [5, 5.41) is 6.63. The molecule has 144 valence electrons. The molecule has 6 nitrogen and oxygen atoms in total. The molecule has 0 radical (unpaired) electrons. The highest BCUT2D eigenvalue weighted by molar-refractivity contribution is 7.89. The van der Waals surface area contributed by atoms with Crippen LogP contribution in [-0.2, 0) is 21.2 Å². The summed E-state index contributed by atoms with van der Waals surface area (Å²) < 4.78 is 31.9. The van der Waals surface area contributed by atoms with E-state index in [0.717, 1.165) is 17.8 Å². The fourth-order valence-electron chi connectivity index (χ4n) is 2.76. The maximum absolute atomic E-state index is 12.6. The minimum atomic E-state index is -3.49. The Bertz CT molecular complexity index is 875. The van der Waals surface area contributed by atoms with Gasteiger partial charge in [0, 0.05) is 24.5 Å². The monoisotopic (exact) mass is 405 g/mol. The fourth-order valence-corrected chi connectivity index (χ4v) is 4.41. The standard InChI is InChI=1S/C19H23N3O3S2/c1-2-15-3-5-16(6-4-15)20-19(26)21-17-7-9-18(10-8-17)27(23,24)22-11-13-25-14-12-22/h3-10H,2,11-14H2,1H3,(H2,20,21,26). The summed E-state index contributed by atoms with van der Waals surface area (Å²) in [6.45, 7) is 3.73. The zero-order valence-corrected chi connectivity index (χ0v) is 16.8. The van der Waals surface area contributed by atoms with Crippen LogP contribution in [0.1, 0.15) is 12.5 Å². The van der Waals surface area contributed by atoms with E-state index < -0.39 is 10.0 Å². The molecule has 8 heteroatoms. The molecule has 0 aliphatic carbocycles. The molecule has 0 bridgehead atoms. The molecule has 1 aliphatic rings. The molecule has 1 fully saturated rings. The number of thiocarbonyl (C=S) groups is 1. The Morgan fingerprint density at radius 2 is 1.52 bits per heavy atom. The van der Waals surface area contributed by atoms with E-state index in [-0.39, 0.29) is 4.90 Å². The lowest BCUT2D eigenvalue weighted by Gasteiger charge is -2.26. The Hall–Kier alpha value is -2.00. The van der Waals surface area contributed by atoms with Gasteiger partial charge in [-0.2, -0.15) is 4.31 Å². The lowest BCUT2D eigenvalue weighted by atomic mass is 10.1. The second-order valence-corrected chi connectivity index (χ2v) is 8.52. The molecule has 0 atom stereocenters. The zero-order chi connectivity index (χ0) is 19.3. The normalized spacial score (nSPS) is 15.3. The number of sulfonamides is 1. The van der Waals surface area contributed by atoms with Gasteiger partial charge in [0.25, 0.3) is 0 Å². The van der Waals surface area contributed by atoms with Crippen molar-refractivity contribution >= 4 is 38.7 Å². The summed E-state index contributed by atoms with van der Waals surface area (Å²) in [4.78, 5) is 0.268. The quantitative estimate of drug-likeness (QED) is 0.745. The molecule has 1 heterocycles. The molecule has 3 rings (SSSR count). The Labute approximate surface area is 165 Å². The van der Waals surface area contributed by atoms with E-state index in [1.54, 1.807) is 24.3 Å². The number of ether oxygens (including phenoxy) is 1. The smallest absolute Gasteiger partial charge is 0.243 e. The molecule has 2 aromatic rings. The largest absolute Gasteiger partial charge is 0.379 e. The van der Waals surface area contributed by atoms with E-state index in [1.165, 1.54) is 9.87 Å². The van der Waals surface area contributed by atoms with Crippen LogP contribution in [0.25, 0.3) is 0 Å². The van der Waals surface area contributed by atoms with Gasteiger partial charge in [-0.1, -0.05) is 19.1 Å². The van der Waals surface area contributed by atoms with Gasteiger partial charge in [-0.25, -0.2) is 8.42 Å². The number of hydrogen-bond acceptors (Lipinski definition) is 4. The van der Waals surface area contributed by atoms with Crippen molar-refractivity contribution in [3.05, 3.63) is 54.1 Å². The van der Waals surface area contributed by atoms with Crippen molar-refractivity contribution in [2.24, 2.45) is 0 Å². The highest BCUT2D eigenvalue weighted by atomic mass is 32.2. The topological polar surface area (TPSA) is 70.7 Å². The van der Waals surface area contributed by atoms with Crippen molar-refractivity contribution in [3.8, 4) is 0 Å². The predicted molar refractivity (Wildman–Crippen MR) is 112 cm³/mol. The molecule has 27 heavy (non-hydrogen) atoms. The summed E-state index contributed by atoms with van der Waals surface area (Å²) >= 11 is 5.33. The van der Waals surface area contributed by atoms with Gasteiger partial charge >= 0.3 is 0 Å². The van der Waals surface area contributed by atoms with Gasteiger partial charge < -0.3 is 15.4 Å². The van der Waals surface area contributed by atoms with Crippen molar-refractivity contribution in [2.45, 2.75) is 18.2 Å². The first-order chi connectivity index (χ1) is 13.0. The molecule has 0 unspecified atom stereocenters. The maximum Gasteiger partial charge on any atom is 0.243 e. The summed E-state index contributed by atoms with van der Waals surface area (Å²) in [6.07, 6.45) is 0.989. The molecule has 1 aliphatic heterocycles. The van der Waals surface area contributed by atoms with Crippen LogP contribution in [0.15, 0.2) is 53.4 Å². The summed E-state index contributed by atoms with van der Waals surface area (Å²) in [5.74, 6) is 0. The molecule has 0 amide bonds. The minimum absolute atomic E-state index is 0.268. The van der Waals surface area contributed by atoms with Crippen LogP contribution < -0.4 is 10.6 Å². The molecule has 0 saturated carbocycles. The first-order valence-electron chi connectivity index (χ1n) is 8.84. The lowest BCUT2D eigenvalue weighted by molar-refractivity contribution is 0.0730. The van der Waals surface area contributed by atoms with E-state index >= 15 is 0 Å². The Morgan fingerprint density at radius 1 is 1.00 bits per heavy atom. The average molecular weight is 406 g/mol. The first kappa shape index (κ1) is 19.8. The first-order valence-corrected chi connectivity index (χ1v) is 10.7. The van der Waals surface area contributed by atoms with Crippen LogP contribution in [0.5, 0.6) is 0 Å².